The summed E-state index contributed by atoms with van der Waals surface area (Å²) in [4.78, 5) is 81.0. The van der Waals surface area contributed by atoms with E-state index < -0.39 is 35.7 Å². The van der Waals surface area contributed by atoms with Gasteiger partial charge in [0.15, 0.2) is 23.6 Å². The average molecular weight is 807 g/mol. The molecule has 2 aliphatic carbocycles. The number of benzene rings is 3. The van der Waals surface area contributed by atoms with Gasteiger partial charge in [-0.05, 0) is 86.4 Å². The number of ether oxygens (including phenoxy) is 2. The molecule has 3 aromatic carbocycles. The molecule has 0 saturated heterocycles. The Bertz CT molecular complexity index is 2040. The Morgan fingerprint density at radius 1 is 0.678 bits per heavy atom. The van der Waals surface area contributed by atoms with Crippen LogP contribution in [0.15, 0.2) is 66.7 Å². The molecule has 0 bridgehead atoms. The molecule has 3 heterocycles. The lowest BCUT2D eigenvalue weighted by atomic mass is 9.86. The van der Waals surface area contributed by atoms with E-state index in [0.29, 0.717) is 71.2 Å². The Morgan fingerprint density at radius 3 is 1.88 bits per heavy atom. The number of nitrogens with zero attached hydrogens (tertiary/aromatic N) is 2. The van der Waals surface area contributed by atoms with E-state index in [9.17, 15) is 28.8 Å². The Balaban J connectivity index is 0.000000179. The average Bonchev–Trinajstić information content (AvgIpc) is 3.74. The summed E-state index contributed by atoms with van der Waals surface area (Å²) >= 11 is 0. The van der Waals surface area contributed by atoms with Gasteiger partial charge in [0.05, 0.1) is 22.7 Å². The number of unbranched alkanes of at least 4 members (excludes halogenated alkanes) is 1. The van der Waals surface area contributed by atoms with Gasteiger partial charge < -0.3 is 30.7 Å². The number of rotatable bonds is 10. The first-order valence-corrected chi connectivity index (χ1v) is 21.1. The number of para-hydroxylation sites is 4. The first-order valence-electron chi connectivity index (χ1n) is 21.1. The van der Waals surface area contributed by atoms with Crippen molar-refractivity contribution in [2.45, 2.75) is 102 Å². The van der Waals surface area contributed by atoms with Gasteiger partial charge in [0, 0.05) is 25.1 Å². The van der Waals surface area contributed by atoms with Crippen molar-refractivity contribution in [1.82, 2.24) is 10.6 Å². The molecular weight excluding hydrogens is 753 g/mol. The second-order valence-electron chi connectivity index (χ2n) is 15.9. The zero-order valence-electron chi connectivity index (χ0n) is 33.6. The second-order valence-corrected chi connectivity index (χ2v) is 15.9. The topological polar surface area (TPSA) is 175 Å². The SMILES string of the molecule is CCCCNC(=O)C1C(=O)Nc2ccccc2N1C(=O)c1ccc2c(c1)OCO2.O=C(NCC1CCCCC1)C1C(=O)Nc2ccccc2N1C(=O)CC1CCCCC1. The molecule has 14 heteroatoms. The monoisotopic (exact) mass is 806 g/mol. The lowest BCUT2D eigenvalue weighted by Crippen LogP contribution is -2.59. The molecule has 3 aliphatic heterocycles. The minimum atomic E-state index is -1.31. The predicted molar refractivity (Wildman–Crippen MR) is 223 cm³/mol. The van der Waals surface area contributed by atoms with Crippen molar-refractivity contribution in [3.63, 3.8) is 0 Å². The Hall–Kier alpha value is -5.92. The molecule has 2 saturated carbocycles. The van der Waals surface area contributed by atoms with E-state index in [0.717, 1.165) is 51.4 Å². The maximum atomic E-state index is 13.4. The molecule has 0 radical (unpaired) electrons. The minimum absolute atomic E-state index is 0.0877. The molecule has 59 heavy (non-hydrogen) atoms. The van der Waals surface area contributed by atoms with Crippen LogP contribution in [0.5, 0.6) is 11.5 Å². The number of hydrogen-bond acceptors (Lipinski definition) is 8. The fourth-order valence-corrected chi connectivity index (χ4v) is 8.59. The van der Waals surface area contributed by atoms with Gasteiger partial charge in [-0.3, -0.25) is 38.6 Å². The van der Waals surface area contributed by atoms with Crippen LogP contribution in [0.4, 0.5) is 22.7 Å². The molecule has 2 fully saturated rings. The largest absolute Gasteiger partial charge is 0.454 e. The van der Waals surface area contributed by atoms with E-state index in [1.54, 1.807) is 48.5 Å². The van der Waals surface area contributed by atoms with E-state index in [4.69, 9.17) is 9.47 Å². The highest BCUT2D eigenvalue weighted by atomic mass is 16.7. The van der Waals surface area contributed by atoms with Crippen LogP contribution in [-0.4, -0.2) is 67.4 Å². The number of amides is 6. The third-order valence-electron chi connectivity index (χ3n) is 11.8. The summed E-state index contributed by atoms with van der Waals surface area (Å²) < 4.78 is 10.6. The van der Waals surface area contributed by atoms with Crippen molar-refractivity contribution in [1.29, 1.82) is 0 Å². The standard InChI is InChI=1S/C24H33N3O3.C21H21N3O5/c28-21(15-17-9-3-1-4-10-17)27-20-14-8-7-13-19(20)26-24(30)22(27)23(29)25-16-18-11-5-2-6-12-18;1-2-3-10-22-19(25)18-20(26)23-14-6-4-5-7-15(14)24(18)21(27)13-8-9-16-17(11-13)29-12-28-16/h7-8,13-14,17-18,22H,1-6,9-12,15-16H2,(H,25,29)(H,26,30);4-9,11,18H,2-3,10,12H2,1H3,(H,22,25)(H,23,26). The van der Waals surface area contributed by atoms with Crippen molar-refractivity contribution in [3.8, 4) is 11.5 Å². The Morgan fingerprint density at radius 2 is 1.24 bits per heavy atom. The van der Waals surface area contributed by atoms with E-state index in [1.165, 1.54) is 35.5 Å². The van der Waals surface area contributed by atoms with Gasteiger partial charge in [-0.25, -0.2) is 0 Å². The number of nitrogens with one attached hydrogen (secondary N) is 4. The number of anilines is 4. The Labute approximate surface area is 344 Å². The fourth-order valence-electron chi connectivity index (χ4n) is 8.59. The zero-order chi connectivity index (χ0) is 41.3. The molecule has 5 aliphatic rings. The van der Waals surface area contributed by atoms with Gasteiger partial charge in [-0.2, -0.15) is 0 Å². The lowest BCUT2D eigenvalue weighted by molar-refractivity contribution is -0.133. The summed E-state index contributed by atoms with van der Waals surface area (Å²) in [5, 5.41) is 11.3. The molecule has 14 nitrogen and oxygen atoms in total. The summed E-state index contributed by atoms with van der Waals surface area (Å²) in [5.74, 6) is -0.643. The molecule has 8 rings (SSSR count). The smallest absolute Gasteiger partial charge is 0.259 e. The normalized spacial score (nSPS) is 19.9. The van der Waals surface area contributed by atoms with Crippen molar-refractivity contribution in [2.75, 3.05) is 40.3 Å². The maximum absolute atomic E-state index is 13.4. The van der Waals surface area contributed by atoms with Gasteiger partial charge in [-0.1, -0.05) is 76.1 Å². The minimum Gasteiger partial charge on any atom is -0.454 e. The van der Waals surface area contributed by atoms with Crippen LogP contribution in [0.3, 0.4) is 0 Å². The first kappa shape index (κ1) is 41.2. The van der Waals surface area contributed by atoms with Gasteiger partial charge >= 0.3 is 0 Å². The van der Waals surface area contributed by atoms with Crippen LogP contribution < -0.4 is 40.5 Å². The Kier molecular flexibility index (Phi) is 13.4. The highest BCUT2D eigenvalue weighted by Gasteiger charge is 2.43. The molecule has 312 valence electrons. The van der Waals surface area contributed by atoms with E-state index >= 15 is 0 Å². The quantitative estimate of drug-likeness (QED) is 0.136. The molecule has 0 aromatic heterocycles. The van der Waals surface area contributed by atoms with Crippen LogP contribution in [0.25, 0.3) is 0 Å². The first-order chi connectivity index (χ1) is 28.7. The van der Waals surface area contributed by atoms with Crippen LogP contribution in [0.2, 0.25) is 0 Å². The number of carbonyl (C=O) groups is 6. The predicted octanol–water partition coefficient (Wildman–Crippen LogP) is 6.31. The van der Waals surface area contributed by atoms with Gasteiger partial charge in [0.1, 0.15) is 0 Å². The molecular formula is C45H54N6O8. The van der Waals surface area contributed by atoms with Gasteiger partial charge in [-0.15, -0.1) is 0 Å². The van der Waals surface area contributed by atoms with Gasteiger partial charge in [0.25, 0.3) is 29.5 Å². The van der Waals surface area contributed by atoms with Crippen LogP contribution >= 0.6 is 0 Å². The zero-order valence-corrected chi connectivity index (χ0v) is 33.6. The van der Waals surface area contributed by atoms with Crippen LogP contribution in [-0.2, 0) is 24.0 Å². The summed E-state index contributed by atoms with van der Waals surface area (Å²) in [6, 6.07) is 16.5. The van der Waals surface area contributed by atoms with Crippen LogP contribution in [0.1, 0.15) is 101 Å². The maximum Gasteiger partial charge on any atom is 0.259 e. The summed E-state index contributed by atoms with van der Waals surface area (Å²) in [7, 11) is 0. The lowest BCUT2D eigenvalue weighted by Gasteiger charge is -2.37. The molecule has 2 atom stereocenters. The molecule has 4 N–H and O–H groups in total. The molecule has 6 amide bonds. The summed E-state index contributed by atoms with van der Waals surface area (Å²) in [5.41, 5.74) is 2.45. The van der Waals surface area contributed by atoms with E-state index in [-0.39, 0.29) is 18.6 Å². The van der Waals surface area contributed by atoms with Crippen molar-refractivity contribution in [2.24, 2.45) is 11.8 Å². The van der Waals surface area contributed by atoms with Crippen molar-refractivity contribution < 1.29 is 38.2 Å². The molecule has 3 aromatic rings. The van der Waals surface area contributed by atoms with Gasteiger partial charge in [0.2, 0.25) is 12.7 Å². The number of hydrogen-bond donors (Lipinski definition) is 4. The second kappa shape index (κ2) is 19.2. The fraction of sp³-hybridized carbons (Fsp3) is 0.467. The van der Waals surface area contributed by atoms with Crippen molar-refractivity contribution in [3.05, 3.63) is 72.3 Å². The molecule has 2 unspecified atom stereocenters. The highest BCUT2D eigenvalue weighted by Crippen LogP contribution is 2.38. The van der Waals surface area contributed by atoms with E-state index in [2.05, 4.69) is 21.3 Å². The number of carbonyl (C=O) groups excluding carboxylic acids is 6. The highest BCUT2D eigenvalue weighted by molar-refractivity contribution is 6.24. The summed E-state index contributed by atoms with van der Waals surface area (Å²) in [6.45, 7) is 3.11. The molecule has 0 spiro atoms. The third kappa shape index (κ3) is 9.53. The van der Waals surface area contributed by atoms with E-state index in [1.807, 2.05) is 25.1 Å². The third-order valence-corrected chi connectivity index (χ3v) is 11.8. The number of fused-ring (bicyclic) bond motifs is 3. The van der Waals surface area contributed by atoms with Crippen LogP contribution in [0, 0.1) is 11.8 Å². The van der Waals surface area contributed by atoms with Crippen molar-refractivity contribution >= 4 is 58.2 Å². The summed E-state index contributed by atoms with van der Waals surface area (Å²) in [6.07, 6.45) is 13.6.